The molecule has 0 radical (unpaired) electrons. The van der Waals surface area contributed by atoms with Gasteiger partial charge in [0.05, 0.1) is 0 Å². The van der Waals surface area contributed by atoms with Gasteiger partial charge >= 0.3 is 0 Å². The highest BCUT2D eigenvalue weighted by Crippen LogP contribution is 2.13. The molecule has 1 rings (SSSR count). The lowest BCUT2D eigenvalue weighted by Crippen LogP contribution is -2.05. The highest BCUT2D eigenvalue weighted by atomic mass is 79.9. The van der Waals surface area contributed by atoms with Gasteiger partial charge in [-0.3, -0.25) is 4.79 Å². The van der Waals surface area contributed by atoms with Crippen LogP contribution in [0.4, 0.5) is 0 Å². The number of amides is 1. The number of nitrogens with two attached hydrogens (primary N) is 1. The number of rotatable bonds is 3. The van der Waals surface area contributed by atoms with Crippen LogP contribution in [0, 0.1) is 0 Å². The van der Waals surface area contributed by atoms with Crippen LogP contribution in [-0.2, 0) is 10.1 Å². The van der Waals surface area contributed by atoms with Crippen molar-refractivity contribution in [3.05, 3.63) is 41.5 Å². The maximum Gasteiger partial charge on any atom is 0.241 e. The summed E-state index contributed by atoms with van der Waals surface area (Å²) in [7, 11) is 0. The molecule has 0 bridgehead atoms. The van der Waals surface area contributed by atoms with E-state index in [4.69, 9.17) is 5.73 Å². The van der Waals surface area contributed by atoms with Gasteiger partial charge in [0.25, 0.3) is 0 Å². The summed E-state index contributed by atoms with van der Waals surface area (Å²) in [5.41, 5.74) is 7.15. The fourth-order valence-electron chi connectivity index (χ4n) is 0.990. The molecular formula is C10H10BrNO. The van der Waals surface area contributed by atoms with Crippen LogP contribution in [-0.4, -0.2) is 5.91 Å². The average Bonchev–Trinajstić information content (AvgIpc) is 2.15. The fourth-order valence-corrected chi connectivity index (χ4v) is 1.50. The Morgan fingerprint density at radius 2 is 2.15 bits per heavy atom. The number of hydrogen-bond donors (Lipinski definition) is 1. The summed E-state index contributed by atoms with van der Waals surface area (Å²) >= 11 is 3.37. The number of primary amides is 1. The van der Waals surface area contributed by atoms with Crippen molar-refractivity contribution in [3.63, 3.8) is 0 Å². The number of halogens is 1. The third-order valence-corrected chi connectivity index (χ3v) is 2.23. The van der Waals surface area contributed by atoms with Crippen molar-refractivity contribution in [2.24, 2.45) is 5.73 Å². The number of hydrogen-bond acceptors (Lipinski definition) is 1. The Hall–Kier alpha value is -1.09. The number of carbonyl (C=O) groups excluding carboxylic acids is 1. The molecule has 0 aliphatic rings. The predicted octanol–water partition coefficient (Wildman–Crippen LogP) is 2.08. The summed E-state index contributed by atoms with van der Waals surface area (Å²) in [4.78, 5) is 10.5. The molecule has 13 heavy (non-hydrogen) atoms. The molecule has 0 unspecified atom stereocenters. The van der Waals surface area contributed by atoms with Gasteiger partial charge in [0.2, 0.25) is 5.91 Å². The molecule has 3 heteroatoms. The molecule has 0 spiro atoms. The Morgan fingerprint density at radius 1 is 1.46 bits per heavy atom. The maximum atomic E-state index is 10.5. The second-order valence-corrected chi connectivity index (χ2v) is 3.13. The minimum Gasteiger partial charge on any atom is -0.366 e. The maximum absolute atomic E-state index is 10.5. The first kappa shape index (κ1) is 9.99. The second kappa shape index (κ2) is 4.82. The Balaban J connectivity index is 2.93. The predicted molar refractivity (Wildman–Crippen MR) is 57.3 cm³/mol. The van der Waals surface area contributed by atoms with Gasteiger partial charge in [-0.25, -0.2) is 0 Å². The molecule has 1 aromatic carbocycles. The van der Waals surface area contributed by atoms with Crippen LogP contribution in [0.25, 0.3) is 6.08 Å². The van der Waals surface area contributed by atoms with E-state index in [1.54, 1.807) is 6.08 Å². The summed E-state index contributed by atoms with van der Waals surface area (Å²) in [6.45, 7) is 0. The molecule has 0 aliphatic heterocycles. The van der Waals surface area contributed by atoms with Crippen molar-refractivity contribution < 1.29 is 4.79 Å². The van der Waals surface area contributed by atoms with E-state index in [2.05, 4.69) is 15.9 Å². The zero-order valence-electron chi connectivity index (χ0n) is 7.03. The second-order valence-electron chi connectivity index (χ2n) is 2.57. The van der Waals surface area contributed by atoms with Gasteiger partial charge in [-0.05, 0) is 17.2 Å². The normalized spacial score (nSPS) is 10.5. The first-order chi connectivity index (χ1) is 6.24. The van der Waals surface area contributed by atoms with Crippen molar-refractivity contribution in [1.82, 2.24) is 0 Å². The number of alkyl halides is 1. The summed E-state index contributed by atoms with van der Waals surface area (Å²) in [5.74, 6) is -0.427. The molecule has 2 N–H and O–H groups in total. The third-order valence-electron chi connectivity index (χ3n) is 1.63. The molecule has 0 saturated carbocycles. The topological polar surface area (TPSA) is 43.1 Å². The number of carbonyl (C=O) groups is 1. The minimum atomic E-state index is -0.427. The Kier molecular flexibility index (Phi) is 3.71. The lowest BCUT2D eigenvalue weighted by Gasteiger charge is -1.99. The van der Waals surface area contributed by atoms with Gasteiger partial charge in [0.15, 0.2) is 0 Å². The summed E-state index contributed by atoms with van der Waals surface area (Å²) in [6.07, 6.45) is 3.08. The Labute approximate surface area is 85.6 Å². The Bertz CT molecular complexity index is 333. The van der Waals surface area contributed by atoms with Crippen molar-refractivity contribution in [2.75, 3.05) is 0 Å². The number of benzene rings is 1. The van der Waals surface area contributed by atoms with Gasteiger partial charge in [-0.1, -0.05) is 40.2 Å². The quantitative estimate of drug-likeness (QED) is 0.637. The van der Waals surface area contributed by atoms with E-state index >= 15 is 0 Å². The van der Waals surface area contributed by atoms with Crippen LogP contribution >= 0.6 is 15.9 Å². The van der Waals surface area contributed by atoms with E-state index < -0.39 is 5.91 Å². The zero-order chi connectivity index (χ0) is 9.68. The standard InChI is InChI=1S/C10H10BrNO/c11-7-9-4-2-1-3-8(9)5-6-10(12)13/h1-6H,7H2,(H2,12,13). The van der Waals surface area contributed by atoms with E-state index in [9.17, 15) is 4.79 Å². The molecule has 2 nitrogen and oxygen atoms in total. The largest absolute Gasteiger partial charge is 0.366 e. The first-order valence-corrected chi connectivity index (χ1v) is 4.97. The molecule has 0 atom stereocenters. The Morgan fingerprint density at radius 3 is 2.77 bits per heavy atom. The van der Waals surface area contributed by atoms with Crippen LogP contribution < -0.4 is 5.73 Å². The van der Waals surface area contributed by atoms with Gasteiger partial charge in [-0.15, -0.1) is 0 Å². The van der Waals surface area contributed by atoms with Crippen molar-refractivity contribution in [2.45, 2.75) is 5.33 Å². The molecule has 0 fully saturated rings. The fraction of sp³-hybridized carbons (Fsp3) is 0.100. The summed E-state index contributed by atoms with van der Waals surface area (Å²) in [6, 6.07) is 7.82. The molecular weight excluding hydrogens is 230 g/mol. The van der Waals surface area contributed by atoms with Crippen molar-refractivity contribution in [1.29, 1.82) is 0 Å². The van der Waals surface area contributed by atoms with Crippen LogP contribution in [0.2, 0.25) is 0 Å². The SMILES string of the molecule is NC(=O)C=Cc1ccccc1CBr. The van der Waals surface area contributed by atoms with Gasteiger partial charge in [0, 0.05) is 11.4 Å². The summed E-state index contributed by atoms with van der Waals surface area (Å²) in [5, 5.41) is 0.770. The van der Waals surface area contributed by atoms with Crippen molar-refractivity contribution >= 4 is 27.9 Å². The van der Waals surface area contributed by atoms with Crippen molar-refractivity contribution in [3.8, 4) is 0 Å². The lowest BCUT2D eigenvalue weighted by molar-refractivity contribution is -0.113. The molecule has 0 aromatic heterocycles. The highest BCUT2D eigenvalue weighted by molar-refractivity contribution is 9.08. The van der Waals surface area contributed by atoms with Crippen LogP contribution in [0.5, 0.6) is 0 Å². The first-order valence-electron chi connectivity index (χ1n) is 3.85. The molecule has 0 heterocycles. The lowest BCUT2D eigenvalue weighted by atomic mass is 10.1. The van der Waals surface area contributed by atoms with E-state index in [1.807, 2.05) is 24.3 Å². The van der Waals surface area contributed by atoms with E-state index in [-0.39, 0.29) is 0 Å². The van der Waals surface area contributed by atoms with Gasteiger partial charge < -0.3 is 5.73 Å². The monoisotopic (exact) mass is 239 g/mol. The smallest absolute Gasteiger partial charge is 0.241 e. The van der Waals surface area contributed by atoms with Crippen LogP contribution in [0.15, 0.2) is 30.3 Å². The van der Waals surface area contributed by atoms with Crippen LogP contribution in [0.1, 0.15) is 11.1 Å². The van der Waals surface area contributed by atoms with E-state index in [0.29, 0.717) is 0 Å². The molecule has 1 amide bonds. The van der Waals surface area contributed by atoms with Gasteiger partial charge in [0.1, 0.15) is 0 Å². The van der Waals surface area contributed by atoms with E-state index in [1.165, 1.54) is 6.08 Å². The summed E-state index contributed by atoms with van der Waals surface area (Å²) < 4.78 is 0. The van der Waals surface area contributed by atoms with Crippen LogP contribution in [0.3, 0.4) is 0 Å². The van der Waals surface area contributed by atoms with Gasteiger partial charge in [-0.2, -0.15) is 0 Å². The molecule has 68 valence electrons. The zero-order valence-corrected chi connectivity index (χ0v) is 8.62. The van der Waals surface area contributed by atoms with E-state index in [0.717, 1.165) is 16.5 Å². The molecule has 0 saturated heterocycles. The minimum absolute atomic E-state index is 0.427. The molecule has 1 aromatic rings. The highest BCUT2D eigenvalue weighted by Gasteiger charge is 1.95. The average molecular weight is 240 g/mol. The molecule has 0 aliphatic carbocycles. The third kappa shape index (κ3) is 3.03.